The van der Waals surface area contributed by atoms with E-state index in [2.05, 4.69) is 60.3 Å². The Morgan fingerprint density at radius 3 is 1.91 bits per heavy atom. The molecule has 0 saturated heterocycles. The monoisotopic (exact) mass is 589 g/mol. The van der Waals surface area contributed by atoms with Gasteiger partial charge in [0.1, 0.15) is 6.04 Å². The fourth-order valence-corrected chi connectivity index (χ4v) is 6.21. The molecule has 0 bridgehead atoms. The Labute approximate surface area is 261 Å². The molecule has 6 nitrogen and oxygen atoms in total. The van der Waals surface area contributed by atoms with Gasteiger partial charge < -0.3 is 10.4 Å². The number of benzene rings is 3. The number of rotatable bonds is 11. The highest BCUT2D eigenvalue weighted by Gasteiger charge is 2.22. The predicted molar refractivity (Wildman–Crippen MR) is 175 cm³/mol. The maximum Gasteiger partial charge on any atom is 0.326 e. The second-order valence-corrected chi connectivity index (χ2v) is 12.6. The predicted octanol–water partition coefficient (Wildman–Crippen LogP) is 8.12. The molecule has 1 aliphatic carbocycles. The smallest absolute Gasteiger partial charge is 0.326 e. The van der Waals surface area contributed by atoms with Crippen molar-refractivity contribution in [2.75, 3.05) is 0 Å². The van der Waals surface area contributed by atoms with Crippen molar-refractivity contribution >= 4 is 11.9 Å². The highest BCUT2D eigenvalue weighted by Crippen LogP contribution is 2.37. The Bertz CT molecular complexity index is 1520. The summed E-state index contributed by atoms with van der Waals surface area (Å²) in [6, 6.07) is 22.7. The SMILES string of the molecule is CC[C@H]1CC[C@H](c2ccc(-c3cnc(-c4ccc(C[C@H](NC(=O)c5ccc(CC(C)C)cc5)C(=O)O)cc4)nc3)cc2)CC1. The zero-order chi connectivity index (χ0) is 31.1. The molecule has 3 aromatic carbocycles. The third kappa shape index (κ3) is 7.98. The van der Waals surface area contributed by atoms with E-state index < -0.39 is 17.9 Å². The highest BCUT2D eigenvalue weighted by molar-refractivity contribution is 5.96. The van der Waals surface area contributed by atoms with Crippen molar-refractivity contribution in [3.63, 3.8) is 0 Å². The summed E-state index contributed by atoms with van der Waals surface area (Å²) in [4.78, 5) is 34.0. The van der Waals surface area contributed by atoms with Crippen LogP contribution >= 0.6 is 0 Å². The Morgan fingerprint density at radius 2 is 1.34 bits per heavy atom. The lowest BCUT2D eigenvalue weighted by Crippen LogP contribution is -2.42. The summed E-state index contributed by atoms with van der Waals surface area (Å²) < 4.78 is 0. The second-order valence-electron chi connectivity index (χ2n) is 12.6. The molecule has 0 aliphatic heterocycles. The topological polar surface area (TPSA) is 92.2 Å². The molecular weight excluding hydrogens is 546 g/mol. The van der Waals surface area contributed by atoms with Gasteiger partial charge in [-0.2, -0.15) is 0 Å². The molecule has 1 heterocycles. The Morgan fingerprint density at radius 1 is 0.773 bits per heavy atom. The lowest BCUT2D eigenvalue weighted by Gasteiger charge is -2.28. The Hall–Kier alpha value is -4.32. The van der Waals surface area contributed by atoms with Crippen LogP contribution < -0.4 is 5.32 Å². The lowest BCUT2D eigenvalue weighted by molar-refractivity contribution is -0.139. The number of aromatic nitrogens is 2. The fourth-order valence-electron chi connectivity index (χ4n) is 6.21. The molecule has 44 heavy (non-hydrogen) atoms. The van der Waals surface area contributed by atoms with E-state index in [0.717, 1.165) is 40.2 Å². The number of aliphatic carboxylic acids is 1. The average molecular weight is 590 g/mol. The molecule has 6 heteroatoms. The molecule has 4 aromatic rings. The summed E-state index contributed by atoms with van der Waals surface area (Å²) in [5, 5.41) is 12.5. The summed E-state index contributed by atoms with van der Waals surface area (Å²) in [5.41, 5.74) is 6.75. The van der Waals surface area contributed by atoms with Gasteiger partial charge in [0.05, 0.1) is 0 Å². The van der Waals surface area contributed by atoms with Crippen LogP contribution in [0.4, 0.5) is 0 Å². The molecule has 0 unspecified atom stereocenters. The first-order valence-corrected chi connectivity index (χ1v) is 15.9. The molecule has 1 atom stereocenters. The largest absolute Gasteiger partial charge is 0.480 e. The quantitative estimate of drug-likeness (QED) is 0.184. The van der Waals surface area contributed by atoms with Gasteiger partial charge in [-0.15, -0.1) is 0 Å². The number of carbonyl (C=O) groups is 2. The van der Waals surface area contributed by atoms with Crippen LogP contribution in [0.5, 0.6) is 0 Å². The van der Waals surface area contributed by atoms with E-state index >= 15 is 0 Å². The first-order chi connectivity index (χ1) is 21.3. The van der Waals surface area contributed by atoms with Crippen LogP contribution in [0.3, 0.4) is 0 Å². The molecule has 1 saturated carbocycles. The van der Waals surface area contributed by atoms with E-state index in [-0.39, 0.29) is 6.42 Å². The van der Waals surface area contributed by atoms with Crippen LogP contribution in [0.2, 0.25) is 0 Å². The summed E-state index contributed by atoms with van der Waals surface area (Å²) in [6.07, 6.45) is 11.3. The van der Waals surface area contributed by atoms with Crippen molar-refractivity contribution in [2.24, 2.45) is 11.8 Å². The van der Waals surface area contributed by atoms with Crippen LogP contribution in [0.15, 0.2) is 85.2 Å². The number of hydrogen-bond acceptors (Lipinski definition) is 4. The maximum absolute atomic E-state index is 12.8. The van der Waals surface area contributed by atoms with E-state index in [1.54, 1.807) is 12.1 Å². The summed E-state index contributed by atoms with van der Waals surface area (Å²) in [7, 11) is 0. The van der Waals surface area contributed by atoms with Gasteiger partial charge in [0, 0.05) is 35.5 Å². The van der Waals surface area contributed by atoms with Gasteiger partial charge in [-0.3, -0.25) is 4.79 Å². The summed E-state index contributed by atoms with van der Waals surface area (Å²) in [5.74, 6) is 1.22. The Balaban J connectivity index is 1.18. The van der Waals surface area contributed by atoms with Gasteiger partial charge in [0.15, 0.2) is 5.82 Å². The summed E-state index contributed by atoms with van der Waals surface area (Å²) >= 11 is 0. The standard InChI is InChI=1S/C38H43N3O3/c1-4-26-5-11-29(12-6-26)30-17-19-31(20-18-30)34-23-39-36(40-24-34)32-13-7-28(8-14-32)22-35(38(43)44)41-37(42)33-15-9-27(10-16-33)21-25(2)3/h7-10,13-20,23-26,29,35H,4-6,11-12,21-22H2,1-3H3,(H,41,42)(H,43,44)/t26-,29-,35-/m0/s1. The van der Waals surface area contributed by atoms with E-state index in [4.69, 9.17) is 0 Å². The van der Waals surface area contributed by atoms with Gasteiger partial charge in [-0.25, -0.2) is 14.8 Å². The third-order valence-electron chi connectivity index (χ3n) is 8.91. The number of nitrogens with zero attached hydrogens (tertiary/aromatic N) is 2. The van der Waals surface area contributed by atoms with Crippen molar-refractivity contribution in [3.8, 4) is 22.5 Å². The zero-order valence-corrected chi connectivity index (χ0v) is 26.0. The lowest BCUT2D eigenvalue weighted by atomic mass is 9.78. The molecule has 2 N–H and O–H groups in total. The number of nitrogens with one attached hydrogen (secondary N) is 1. The number of carboxylic acid groups (broad SMARTS) is 1. The van der Waals surface area contributed by atoms with Crippen molar-refractivity contribution in [1.82, 2.24) is 15.3 Å². The van der Waals surface area contributed by atoms with Crippen molar-refractivity contribution in [1.29, 1.82) is 0 Å². The van der Waals surface area contributed by atoms with Crippen LogP contribution in [-0.4, -0.2) is 33.0 Å². The van der Waals surface area contributed by atoms with Gasteiger partial charge in [-0.05, 0) is 84.2 Å². The molecule has 5 rings (SSSR count). The maximum atomic E-state index is 12.8. The van der Waals surface area contributed by atoms with Crippen molar-refractivity contribution < 1.29 is 14.7 Å². The number of carboxylic acids is 1. The molecule has 228 valence electrons. The third-order valence-corrected chi connectivity index (χ3v) is 8.91. The minimum Gasteiger partial charge on any atom is -0.480 e. The van der Waals surface area contributed by atoms with Gasteiger partial charge in [0.2, 0.25) is 0 Å². The van der Waals surface area contributed by atoms with Crippen molar-refractivity contribution in [3.05, 3.63) is 107 Å². The normalized spacial score (nSPS) is 17.3. The molecular formula is C38H43N3O3. The van der Waals surface area contributed by atoms with Gasteiger partial charge >= 0.3 is 5.97 Å². The van der Waals surface area contributed by atoms with Crippen LogP contribution in [-0.2, 0) is 17.6 Å². The molecule has 1 fully saturated rings. The minimum atomic E-state index is -1.07. The highest BCUT2D eigenvalue weighted by atomic mass is 16.4. The van der Waals surface area contributed by atoms with E-state index in [0.29, 0.717) is 23.2 Å². The van der Waals surface area contributed by atoms with Crippen molar-refractivity contribution in [2.45, 2.75) is 77.7 Å². The van der Waals surface area contributed by atoms with Crippen LogP contribution in [0.25, 0.3) is 22.5 Å². The van der Waals surface area contributed by atoms with E-state index in [9.17, 15) is 14.7 Å². The number of hydrogen-bond donors (Lipinski definition) is 2. The van der Waals surface area contributed by atoms with E-state index in [1.807, 2.05) is 48.8 Å². The first kappa shape index (κ1) is 31.1. The number of carbonyl (C=O) groups excluding carboxylic acids is 1. The second kappa shape index (κ2) is 14.4. The van der Waals surface area contributed by atoms with Gasteiger partial charge in [0.25, 0.3) is 5.91 Å². The average Bonchev–Trinajstić information content (AvgIpc) is 3.05. The zero-order valence-electron chi connectivity index (χ0n) is 26.0. The number of amides is 1. The molecule has 1 aromatic heterocycles. The molecule has 1 amide bonds. The molecule has 0 radical (unpaired) electrons. The summed E-state index contributed by atoms with van der Waals surface area (Å²) in [6.45, 7) is 6.59. The van der Waals surface area contributed by atoms with Crippen LogP contribution in [0, 0.1) is 11.8 Å². The first-order valence-electron chi connectivity index (χ1n) is 15.9. The van der Waals surface area contributed by atoms with Crippen LogP contribution in [0.1, 0.15) is 85.8 Å². The fraction of sp³-hybridized carbons (Fsp3) is 0.368. The molecule has 1 aliphatic rings. The molecule has 0 spiro atoms. The van der Waals surface area contributed by atoms with Gasteiger partial charge in [-0.1, -0.05) is 87.9 Å². The van der Waals surface area contributed by atoms with E-state index in [1.165, 1.54) is 37.7 Å². The minimum absolute atomic E-state index is 0.169. The Kier molecular flexibility index (Phi) is 10.2.